The molecule has 1 fully saturated rings. The van der Waals surface area contributed by atoms with Crippen LogP contribution in [0, 0.1) is 6.92 Å². The molecule has 138 valence electrons. The average Bonchev–Trinajstić information content (AvgIpc) is 2.95. The monoisotopic (exact) mass is 383 g/mol. The van der Waals surface area contributed by atoms with E-state index in [9.17, 15) is 9.59 Å². The first-order chi connectivity index (χ1) is 13.0. The lowest BCUT2D eigenvalue weighted by Gasteiger charge is -2.06. The first kappa shape index (κ1) is 18.7. The third kappa shape index (κ3) is 5.42. The number of carbonyl (C=O) groups excluding carboxylic acids is 1. The molecule has 7 nitrogen and oxygen atoms in total. The first-order valence-corrected chi connectivity index (χ1v) is 9.02. The van der Waals surface area contributed by atoms with E-state index in [2.05, 4.69) is 15.5 Å². The molecule has 27 heavy (non-hydrogen) atoms. The van der Waals surface area contributed by atoms with Gasteiger partial charge in [0, 0.05) is 0 Å². The largest absolute Gasteiger partial charge is 0.481 e. The lowest BCUT2D eigenvalue weighted by Crippen LogP contribution is -2.26. The van der Waals surface area contributed by atoms with Gasteiger partial charge in [-0.3, -0.25) is 9.59 Å². The number of carbonyl (C=O) groups is 2. The van der Waals surface area contributed by atoms with Crippen LogP contribution >= 0.6 is 11.8 Å². The maximum Gasteiger partial charge on any atom is 0.305 e. The summed E-state index contributed by atoms with van der Waals surface area (Å²) in [5.74, 6) is 0.0845. The Balaban J connectivity index is 1.58. The van der Waals surface area contributed by atoms with Crippen LogP contribution in [-0.2, 0) is 9.59 Å². The van der Waals surface area contributed by atoms with Crippen molar-refractivity contribution >= 4 is 35.0 Å². The zero-order chi connectivity index (χ0) is 19.2. The summed E-state index contributed by atoms with van der Waals surface area (Å²) in [6, 6.07) is 15.1. The second-order valence-electron chi connectivity index (χ2n) is 5.83. The standard InChI is InChI=1S/C19H17N3O4S/c1-12-3-2-4-15(9-12)26-14-7-5-13(6-8-14)11-20-22-19-21-18(25)16(27-19)10-17(23)24/h2-9,11,16H,10H2,1H3,(H,23,24)(H,21,22,25). The average molecular weight is 383 g/mol. The molecular weight excluding hydrogens is 366 g/mol. The first-order valence-electron chi connectivity index (χ1n) is 8.14. The summed E-state index contributed by atoms with van der Waals surface area (Å²) in [4.78, 5) is 22.3. The summed E-state index contributed by atoms with van der Waals surface area (Å²) in [5.41, 5.74) is 1.94. The normalized spacial score (nSPS) is 18.0. The van der Waals surface area contributed by atoms with Crippen LogP contribution in [0.3, 0.4) is 0 Å². The van der Waals surface area contributed by atoms with Gasteiger partial charge in [0.15, 0.2) is 5.17 Å². The number of amides is 1. The van der Waals surface area contributed by atoms with E-state index in [1.54, 1.807) is 6.21 Å². The van der Waals surface area contributed by atoms with Gasteiger partial charge in [-0.25, -0.2) is 0 Å². The van der Waals surface area contributed by atoms with Gasteiger partial charge >= 0.3 is 5.97 Å². The van der Waals surface area contributed by atoms with Crippen LogP contribution in [0.25, 0.3) is 0 Å². The molecular formula is C19H17N3O4S. The SMILES string of the molecule is Cc1cccc(Oc2ccc(C=NN=C3NC(=O)C(CC(=O)O)S3)cc2)c1. The molecule has 1 aliphatic heterocycles. The molecule has 1 amide bonds. The molecule has 1 heterocycles. The molecule has 2 aromatic rings. The molecule has 3 rings (SSSR count). The third-order valence-electron chi connectivity index (χ3n) is 3.60. The van der Waals surface area contributed by atoms with Gasteiger partial charge in [0.1, 0.15) is 16.7 Å². The smallest absolute Gasteiger partial charge is 0.305 e. The Kier molecular flexibility index (Phi) is 5.87. The number of nitrogens with one attached hydrogen (secondary N) is 1. The van der Waals surface area contributed by atoms with Crippen molar-refractivity contribution < 1.29 is 19.4 Å². The van der Waals surface area contributed by atoms with Crippen molar-refractivity contribution in [1.82, 2.24) is 5.32 Å². The molecule has 0 aliphatic carbocycles. The summed E-state index contributed by atoms with van der Waals surface area (Å²) >= 11 is 1.06. The summed E-state index contributed by atoms with van der Waals surface area (Å²) in [6.45, 7) is 2.00. The summed E-state index contributed by atoms with van der Waals surface area (Å²) in [6.07, 6.45) is 1.29. The van der Waals surface area contributed by atoms with E-state index < -0.39 is 11.2 Å². The maximum absolute atomic E-state index is 11.6. The number of aryl methyl sites for hydroxylation is 1. The zero-order valence-electron chi connectivity index (χ0n) is 14.5. The van der Waals surface area contributed by atoms with E-state index in [4.69, 9.17) is 9.84 Å². The van der Waals surface area contributed by atoms with E-state index in [1.807, 2.05) is 55.5 Å². The number of benzene rings is 2. The van der Waals surface area contributed by atoms with Crippen molar-refractivity contribution in [3.63, 3.8) is 0 Å². The minimum absolute atomic E-state index is 0.248. The zero-order valence-corrected chi connectivity index (χ0v) is 15.3. The molecule has 0 spiro atoms. The number of rotatable bonds is 6. The van der Waals surface area contributed by atoms with Gasteiger partial charge in [0.25, 0.3) is 0 Å². The molecule has 0 aromatic heterocycles. The number of hydrogen-bond acceptors (Lipinski definition) is 6. The van der Waals surface area contributed by atoms with Gasteiger partial charge in [-0.15, -0.1) is 5.10 Å². The van der Waals surface area contributed by atoms with Crippen LogP contribution in [-0.4, -0.2) is 33.6 Å². The van der Waals surface area contributed by atoms with Crippen molar-refractivity contribution in [3.8, 4) is 11.5 Å². The van der Waals surface area contributed by atoms with Gasteiger partial charge in [-0.1, -0.05) is 23.9 Å². The van der Waals surface area contributed by atoms with Crippen LogP contribution in [0.1, 0.15) is 17.5 Å². The van der Waals surface area contributed by atoms with E-state index >= 15 is 0 Å². The molecule has 0 saturated carbocycles. The molecule has 2 N–H and O–H groups in total. The van der Waals surface area contributed by atoms with E-state index in [0.717, 1.165) is 28.6 Å². The quantitative estimate of drug-likeness (QED) is 0.589. The second-order valence-corrected chi connectivity index (χ2v) is 7.02. The molecule has 0 radical (unpaired) electrons. The fourth-order valence-electron chi connectivity index (χ4n) is 2.33. The summed E-state index contributed by atoms with van der Waals surface area (Å²) in [5, 5.41) is 18.7. The van der Waals surface area contributed by atoms with Gasteiger partial charge in [-0.2, -0.15) is 5.10 Å². The number of carboxylic acids is 1. The molecule has 1 aliphatic rings. The number of nitrogens with zero attached hydrogens (tertiary/aromatic N) is 2. The second kappa shape index (κ2) is 8.50. The lowest BCUT2D eigenvalue weighted by molar-refractivity contribution is -0.138. The Morgan fingerprint density at radius 2 is 2.04 bits per heavy atom. The highest BCUT2D eigenvalue weighted by Crippen LogP contribution is 2.23. The number of amidine groups is 1. The van der Waals surface area contributed by atoms with Crippen LogP contribution in [0.15, 0.2) is 58.7 Å². The van der Waals surface area contributed by atoms with Crippen molar-refractivity contribution in [1.29, 1.82) is 0 Å². The highest BCUT2D eigenvalue weighted by Gasteiger charge is 2.32. The van der Waals surface area contributed by atoms with Gasteiger partial charge < -0.3 is 15.2 Å². The van der Waals surface area contributed by atoms with Crippen LogP contribution < -0.4 is 10.1 Å². The maximum atomic E-state index is 11.6. The van der Waals surface area contributed by atoms with Crippen molar-refractivity contribution in [2.75, 3.05) is 0 Å². The predicted molar refractivity (Wildman–Crippen MR) is 104 cm³/mol. The van der Waals surface area contributed by atoms with Gasteiger partial charge in [-0.05, 0) is 54.4 Å². The Hall–Kier alpha value is -3.13. The summed E-state index contributed by atoms with van der Waals surface area (Å²) in [7, 11) is 0. The molecule has 1 unspecified atom stereocenters. The van der Waals surface area contributed by atoms with Crippen LogP contribution in [0.4, 0.5) is 0 Å². The number of aliphatic carboxylic acids is 1. The minimum atomic E-state index is -1.03. The highest BCUT2D eigenvalue weighted by atomic mass is 32.2. The van der Waals surface area contributed by atoms with Crippen molar-refractivity contribution in [2.45, 2.75) is 18.6 Å². The van der Waals surface area contributed by atoms with Gasteiger partial charge in [0.2, 0.25) is 5.91 Å². The Labute approximate surface area is 160 Å². The third-order valence-corrected chi connectivity index (χ3v) is 4.67. The Bertz CT molecular complexity index is 909. The Morgan fingerprint density at radius 3 is 2.74 bits per heavy atom. The molecule has 2 aromatic carbocycles. The topological polar surface area (TPSA) is 100 Å². The minimum Gasteiger partial charge on any atom is -0.481 e. The molecule has 1 saturated heterocycles. The molecule has 8 heteroatoms. The van der Waals surface area contributed by atoms with E-state index in [-0.39, 0.29) is 12.3 Å². The molecule has 1 atom stereocenters. The van der Waals surface area contributed by atoms with Crippen molar-refractivity contribution in [2.24, 2.45) is 10.2 Å². The van der Waals surface area contributed by atoms with E-state index in [0.29, 0.717) is 10.9 Å². The number of ether oxygens (including phenoxy) is 1. The van der Waals surface area contributed by atoms with Crippen LogP contribution in [0.5, 0.6) is 11.5 Å². The molecule has 0 bridgehead atoms. The van der Waals surface area contributed by atoms with Crippen LogP contribution in [0.2, 0.25) is 0 Å². The number of thioether (sulfide) groups is 1. The lowest BCUT2D eigenvalue weighted by atomic mass is 10.2. The van der Waals surface area contributed by atoms with Gasteiger partial charge in [0.05, 0.1) is 12.6 Å². The highest BCUT2D eigenvalue weighted by molar-refractivity contribution is 8.15. The Morgan fingerprint density at radius 1 is 1.26 bits per heavy atom. The summed E-state index contributed by atoms with van der Waals surface area (Å²) < 4.78 is 5.78. The number of hydrogen-bond donors (Lipinski definition) is 2. The predicted octanol–water partition coefficient (Wildman–Crippen LogP) is 3.18. The van der Waals surface area contributed by atoms with Crippen molar-refractivity contribution in [3.05, 3.63) is 59.7 Å². The van der Waals surface area contributed by atoms with E-state index in [1.165, 1.54) is 0 Å². The fraction of sp³-hybridized carbons (Fsp3) is 0.158. The fourth-order valence-corrected chi connectivity index (χ4v) is 3.25. The number of carboxylic acid groups (broad SMARTS) is 1.